The molecule has 1 rings (SSSR count). The molecule has 0 aromatic carbocycles. The van der Waals surface area contributed by atoms with E-state index in [1.807, 2.05) is 17.5 Å². The Kier molecular flexibility index (Phi) is 5.98. The minimum Gasteiger partial charge on any atom is -0.330 e. The van der Waals surface area contributed by atoms with Crippen LogP contribution in [0, 0.1) is 0 Å². The summed E-state index contributed by atoms with van der Waals surface area (Å²) < 4.78 is 0. The quantitative estimate of drug-likeness (QED) is 0.765. The van der Waals surface area contributed by atoms with Crippen LogP contribution in [0.3, 0.4) is 0 Å². The molecule has 0 aliphatic heterocycles. The molecule has 68 valence electrons. The van der Waals surface area contributed by atoms with Crippen molar-refractivity contribution in [3.05, 3.63) is 22.4 Å². The molecule has 0 saturated carbocycles. The van der Waals surface area contributed by atoms with Crippen molar-refractivity contribution in [2.75, 3.05) is 6.54 Å². The second-order valence-corrected chi connectivity index (χ2v) is 3.24. The van der Waals surface area contributed by atoms with Gasteiger partial charge in [-0.25, -0.2) is 0 Å². The van der Waals surface area contributed by atoms with Gasteiger partial charge >= 0.3 is 0 Å². The minimum absolute atomic E-state index is 0. The lowest BCUT2D eigenvalue weighted by atomic mass is 10.2. The molecule has 0 aliphatic rings. The summed E-state index contributed by atoms with van der Waals surface area (Å²) in [4.78, 5) is 12.1. The summed E-state index contributed by atoms with van der Waals surface area (Å²) in [6, 6.07) is 3.74. The van der Waals surface area contributed by atoms with Crippen molar-refractivity contribution in [1.82, 2.24) is 0 Å². The van der Waals surface area contributed by atoms with E-state index in [0.29, 0.717) is 13.0 Å². The molecule has 0 bridgehead atoms. The maximum absolute atomic E-state index is 11.2. The Morgan fingerprint density at radius 3 is 2.83 bits per heavy atom. The first-order valence-corrected chi connectivity index (χ1v) is 4.49. The number of ketones is 1. The Morgan fingerprint density at radius 1 is 1.58 bits per heavy atom. The Balaban J connectivity index is 0.00000121. The summed E-state index contributed by atoms with van der Waals surface area (Å²) in [6.07, 6.45) is 1.37. The van der Waals surface area contributed by atoms with Crippen LogP contribution in [-0.2, 0) is 0 Å². The van der Waals surface area contributed by atoms with Crippen LogP contribution in [0.2, 0.25) is 0 Å². The lowest BCUT2D eigenvalue weighted by molar-refractivity contribution is 0.0984. The van der Waals surface area contributed by atoms with E-state index >= 15 is 0 Å². The molecule has 12 heavy (non-hydrogen) atoms. The first kappa shape index (κ1) is 11.6. The zero-order valence-electron chi connectivity index (χ0n) is 6.66. The third-order valence-electron chi connectivity index (χ3n) is 1.40. The molecule has 0 saturated heterocycles. The maximum atomic E-state index is 11.2. The third kappa shape index (κ3) is 3.34. The number of carbonyl (C=O) groups is 1. The van der Waals surface area contributed by atoms with Crippen LogP contribution >= 0.6 is 23.7 Å². The molecular formula is C8H12ClNOS. The Labute approximate surface area is 82.2 Å². The van der Waals surface area contributed by atoms with Gasteiger partial charge in [0.25, 0.3) is 0 Å². The van der Waals surface area contributed by atoms with Gasteiger partial charge in [0, 0.05) is 6.42 Å². The van der Waals surface area contributed by atoms with E-state index in [9.17, 15) is 4.79 Å². The molecule has 0 atom stereocenters. The highest BCUT2D eigenvalue weighted by Gasteiger charge is 2.04. The Hall–Kier alpha value is -0.380. The van der Waals surface area contributed by atoms with Crippen LogP contribution < -0.4 is 5.73 Å². The largest absolute Gasteiger partial charge is 0.330 e. The summed E-state index contributed by atoms with van der Waals surface area (Å²) in [7, 11) is 0. The normalized spacial score (nSPS) is 9.08. The highest BCUT2D eigenvalue weighted by atomic mass is 35.5. The summed E-state index contributed by atoms with van der Waals surface area (Å²) >= 11 is 1.49. The zero-order valence-corrected chi connectivity index (χ0v) is 8.29. The van der Waals surface area contributed by atoms with Crippen LogP contribution in [0.1, 0.15) is 22.5 Å². The number of hydrogen-bond acceptors (Lipinski definition) is 3. The molecule has 4 heteroatoms. The highest BCUT2D eigenvalue weighted by Crippen LogP contribution is 2.11. The summed E-state index contributed by atoms with van der Waals surface area (Å²) in [5.74, 6) is 0.213. The molecule has 0 spiro atoms. The van der Waals surface area contributed by atoms with Crippen LogP contribution in [0.25, 0.3) is 0 Å². The smallest absolute Gasteiger partial charge is 0.172 e. The van der Waals surface area contributed by atoms with Crippen molar-refractivity contribution in [3.63, 3.8) is 0 Å². The first-order valence-electron chi connectivity index (χ1n) is 3.61. The fraction of sp³-hybridized carbons (Fsp3) is 0.375. The predicted octanol–water partition coefficient (Wildman–Crippen LogP) is 2.09. The van der Waals surface area contributed by atoms with E-state index in [2.05, 4.69) is 0 Å². The van der Waals surface area contributed by atoms with Gasteiger partial charge < -0.3 is 5.73 Å². The molecule has 1 aromatic heterocycles. The second kappa shape index (κ2) is 6.17. The molecule has 2 N–H and O–H groups in total. The number of halogens is 1. The second-order valence-electron chi connectivity index (χ2n) is 2.29. The number of Topliss-reactive ketones (excluding diaryl/α,β-unsaturated/α-hetero) is 1. The molecular weight excluding hydrogens is 194 g/mol. The molecule has 0 radical (unpaired) electrons. The molecule has 0 amide bonds. The minimum atomic E-state index is 0. The average Bonchev–Trinajstić information content (AvgIpc) is 2.52. The number of nitrogens with two attached hydrogens (primary N) is 1. The van der Waals surface area contributed by atoms with E-state index in [1.54, 1.807) is 0 Å². The van der Waals surface area contributed by atoms with Gasteiger partial charge in [0.05, 0.1) is 4.88 Å². The highest BCUT2D eigenvalue weighted by molar-refractivity contribution is 7.12. The van der Waals surface area contributed by atoms with E-state index in [0.717, 1.165) is 11.3 Å². The van der Waals surface area contributed by atoms with Gasteiger partial charge in [0.1, 0.15) is 0 Å². The van der Waals surface area contributed by atoms with Gasteiger partial charge in [-0.2, -0.15) is 0 Å². The molecule has 2 nitrogen and oxygen atoms in total. The Morgan fingerprint density at radius 2 is 2.33 bits per heavy atom. The SMILES string of the molecule is Cl.NCCCC(=O)c1cccs1. The standard InChI is InChI=1S/C8H11NOS.ClH/c9-5-1-3-7(10)8-4-2-6-11-8;/h2,4,6H,1,3,5,9H2;1H. The van der Waals surface area contributed by atoms with E-state index in [4.69, 9.17) is 5.73 Å². The van der Waals surface area contributed by atoms with E-state index in [-0.39, 0.29) is 18.2 Å². The monoisotopic (exact) mass is 205 g/mol. The summed E-state index contributed by atoms with van der Waals surface area (Å²) in [5, 5.41) is 1.91. The van der Waals surface area contributed by atoms with Crippen molar-refractivity contribution in [2.45, 2.75) is 12.8 Å². The fourth-order valence-corrected chi connectivity index (χ4v) is 1.52. The number of thiophene rings is 1. The molecule has 0 fully saturated rings. The number of carbonyl (C=O) groups excluding carboxylic acids is 1. The van der Waals surface area contributed by atoms with Crippen LogP contribution in [0.5, 0.6) is 0 Å². The van der Waals surface area contributed by atoms with Gasteiger partial charge in [-0.05, 0) is 24.4 Å². The van der Waals surface area contributed by atoms with Gasteiger partial charge in [-0.1, -0.05) is 6.07 Å². The van der Waals surface area contributed by atoms with Crippen LogP contribution in [-0.4, -0.2) is 12.3 Å². The van der Waals surface area contributed by atoms with Crippen molar-refractivity contribution in [1.29, 1.82) is 0 Å². The summed E-state index contributed by atoms with van der Waals surface area (Å²) in [5.41, 5.74) is 5.28. The lowest BCUT2D eigenvalue weighted by Gasteiger charge is -1.93. The molecule has 1 aromatic rings. The van der Waals surface area contributed by atoms with Gasteiger partial charge in [0.2, 0.25) is 0 Å². The van der Waals surface area contributed by atoms with Crippen LogP contribution in [0.15, 0.2) is 17.5 Å². The van der Waals surface area contributed by atoms with Crippen molar-refractivity contribution < 1.29 is 4.79 Å². The van der Waals surface area contributed by atoms with Crippen molar-refractivity contribution in [2.24, 2.45) is 5.73 Å². The molecule has 1 heterocycles. The zero-order chi connectivity index (χ0) is 8.10. The molecule has 0 aliphatic carbocycles. The van der Waals surface area contributed by atoms with Crippen molar-refractivity contribution in [3.8, 4) is 0 Å². The summed E-state index contributed by atoms with van der Waals surface area (Å²) in [6.45, 7) is 0.594. The average molecular weight is 206 g/mol. The predicted molar refractivity (Wildman–Crippen MR) is 54.2 cm³/mol. The van der Waals surface area contributed by atoms with Crippen LogP contribution in [0.4, 0.5) is 0 Å². The topological polar surface area (TPSA) is 43.1 Å². The number of hydrogen-bond donors (Lipinski definition) is 1. The molecule has 0 unspecified atom stereocenters. The Bertz CT molecular complexity index is 223. The maximum Gasteiger partial charge on any atom is 0.172 e. The fourth-order valence-electron chi connectivity index (χ4n) is 0.823. The van der Waals surface area contributed by atoms with Crippen molar-refractivity contribution >= 4 is 29.5 Å². The first-order chi connectivity index (χ1) is 5.34. The van der Waals surface area contributed by atoms with Gasteiger partial charge in [-0.15, -0.1) is 23.7 Å². The number of rotatable bonds is 4. The van der Waals surface area contributed by atoms with E-state index in [1.165, 1.54) is 11.3 Å². The van der Waals surface area contributed by atoms with E-state index < -0.39 is 0 Å². The van der Waals surface area contributed by atoms with Gasteiger partial charge in [-0.3, -0.25) is 4.79 Å². The third-order valence-corrected chi connectivity index (χ3v) is 2.31. The lowest BCUT2D eigenvalue weighted by Crippen LogP contribution is -2.03. The van der Waals surface area contributed by atoms with Gasteiger partial charge in [0.15, 0.2) is 5.78 Å².